The lowest BCUT2D eigenvalue weighted by molar-refractivity contribution is 0.0286. The fourth-order valence-electron chi connectivity index (χ4n) is 2.05. The molecule has 0 bridgehead atoms. The molecule has 1 heterocycles. The molecule has 0 aromatic heterocycles. The molecule has 0 aromatic rings. The maximum absolute atomic E-state index is 11.8. The van der Waals surface area contributed by atoms with Crippen molar-refractivity contribution in [1.29, 1.82) is 0 Å². The third-order valence-electron chi connectivity index (χ3n) is 2.80. The summed E-state index contributed by atoms with van der Waals surface area (Å²) >= 11 is 0. The average molecular weight is 228 g/mol. The number of likely N-dealkylation sites (tertiary alicyclic amines) is 1. The van der Waals surface area contributed by atoms with Gasteiger partial charge < -0.3 is 15.4 Å². The first-order valence-corrected chi connectivity index (χ1v) is 6.07. The number of nitrogens with two attached hydrogens (primary N) is 1. The van der Waals surface area contributed by atoms with E-state index in [1.165, 1.54) is 0 Å². The van der Waals surface area contributed by atoms with Crippen LogP contribution >= 0.6 is 0 Å². The Morgan fingerprint density at radius 3 is 2.56 bits per heavy atom. The fourth-order valence-corrected chi connectivity index (χ4v) is 2.05. The number of ether oxygens (including phenoxy) is 1. The zero-order chi connectivity index (χ0) is 12.3. The van der Waals surface area contributed by atoms with Gasteiger partial charge in [-0.2, -0.15) is 0 Å². The Hall–Kier alpha value is -0.770. The quantitative estimate of drug-likeness (QED) is 0.786. The van der Waals surface area contributed by atoms with Gasteiger partial charge in [-0.1, -0.05) is 13.3 Å². The summed E-state index contributed by atoms with van der Waals surface area (Å²) in [6, 6.07) is 0.104. The molecule has 1 aliphatic rings. The smallest absolute Gasteiger partial charge is 0.410 e. The fraction of sp³-hybridized carbons (Fsp3) is 0.917. The zero-order valence-corrected chi connectivity index (χ0v) is 10.8. The highest BCUT2D eigenvalue weighted by atomic mass is 16.6. The van der Waals surface area contributed by atoms with Gasteiger partial charge in [0.25, 0.3) is 0 Å². The van der Waals surface area contributed by atoms with Crippen LogP contribution in [0.4, 0.5) is 4.79 Å². The van der Waals surface area contributed by atoms with Crippen molar-refractivity contribution >= 4 is 6.09 Å². The predicted molar refractivity (Wildman–Crippen MR) is 64.2 cm³/mol. The third kappa shape index (κ3) is 3.67. The number of hydrogen-bond donors (Lipinski definition) is 1. The van der Waals surface area contributed by atoms with Crippen LogP contribution in [-0.4, -0.2) is 35.7 Å². The lowest BCUT2D eigenvalue weighted by atomic mass is 9.99. The van der Waals surface area contributed by atoms with Gasteiger partial charge in [0.2, 0.25) is 0 Å². The molecule has 4 heteroatoms. The SMILES string of the molecule is CCC[C@@H]1CN(C(=O)OC(C)(C)C)C[C@H]1N. The van der Waals surface area contributed by atoms with E-state index in [1.807, 2.05) is 20.8 Å². The molecule has 2 atom stereocenters. The standard InChI is InChI=1S/C12H24N2O2/c1-5-6-9-7-14(8-10(9)13)11(15)16-12(2,3)4/h9-10H,5-8,13H2,1-4H3/t9-,10-/m1/s1. The van der Waals surface area contributed by atoms with E-state index >= 15 is 0 Å². The molecule has 0 radical (unpaired) electrons. The van der Waals surface area contributed by atoms with Crippen LogP contribution < -0.4 is 5.73 Å². The Morgan fingerprint density at radius 1 is 1.44 bits per heavy atom. The van der Waals surface area contributed by atoms with Crippen LogP contribution in [0.25, 0.3) is 0 Å². The summed E-state index contributed by atoms with van der Waals surface area (Å²) in [6.45, 7) is 9.14. The first-order chi connectivity index (χ1) is 7.33. The number of hydrogen-bond acceptors (Lipinski definition) is 3. The summed E-state index contributed by atoms with van der Waals surface area (Å²) in [7, 11) is 0. The molecule has 0 aliphatic carbocycles. The summed E-state index contributed by atoms with van der Waals surface area (Å²) < 4.78 is 5.33. The van der Waals surface area contributed by atoms with Gasteiger partial charge in [0.05, 0.1) is 0 Å². The van der Waals surface area contributed by atoms with E-state index < -0.39 is 5.60 Å². The molecule has 1 fully saturated rings. The zero-order valence-electron chi connectivity index (χ0n) is 10.8. The van der Waals surface area contributed by atoms with Gasteiger partial charge >= 0.3 is 6.09 Å². The maximum atomic E-state index is 11.8. The van der Waals surface area contributed by atoms with E-state index in [0.717, 1.165) is 19.4 Å². The van der Waals surface area contributed by atoms with Crippen LogP contribution in [0.2, 0.25) is 0 Å². The van der Waals surface area contributed by atoms with Gasteiger partial charge in [-0.15, -0.1) is 0 Å². The van der Waals surface area contributed by atoms with Crippen LogP contribution in [0.1, 0.15) is 40.5 Å². The minimum atomic E-state index is -0.427. The molecule has 94 valence electrons. The number of nitrogens with zero attached hydrogens (tertiary/aromatic N) is 1. The van der Waals surface area contributed by atoms with Crippen molar-refractivity contribution < 1.29 is 9.53 Å². The van der Waals surface area contributed by atoms with Crippen molar-refractivity contribution in [3.05, 3.63) is 0 Å². The normalized spacial score (nSPS) is 25.9. The molecule has 16 heavy (non-hydrogen) atoms. The second-order valence-electron chi connectivity index (χ2n) is 5.60. The Labute approximate surface area is 98.1 Å². The molecule has 1 amide bonds. The Kier molecular flexibility index (Phi) is 4.19. The summed E-state index contributed by atoms with van der Waals surface area (Å²) in [4.78, 5) is 13.5. The van der Waals surface area contributed by atoms with Crippen molar-refractivity contribution in [3.8, 4) is 0 Å². The second-order valence-corrected chi connectivity index (χ2v) is 5.60. The number of carbonyl (C=O) groups is 1. The predicted octanol–water partition coefficient (Wildman–Crippen LogP) is 1.98. The number of carbonyl (C=O) groups excluding carboxylic acids is 1. The monoisotopic (exact) mass is 228 g/mol. The molecule has 0 unspecified atom stereocenters. The van der Waals surface area contributed by atoms with Gasteiger partial charge in [0.1, 0.15) is 5.60 Å². The average Bonchev–Trinajstić information content (AvgIpc) is 2.46. The molecular weight excluding hydrogens is 204 g/mol. The van der Waals surface area contributed by atoms with Crippen LogP contribution in [0.5, 0.6) is 0 Å². The van der Waals surface area contributed by atoms with Gasteiger partial charge in [0.15, 0.2) is 0 Å². The first-order valence-electron chi connectivity index (χ1n) is 6.07. The molecule has 2 N–H and O–H groups in total. The van der Waals surface area contributed by atoms with Crippen LogP contribution in [0.3, 0.4) is 0 Å². The third-order valence-corrected chi connectivity index (χ3v) is 2.80. The van der Waals surface area contributed by atoms with Crippen LogP contribution in [0.15, 0.2) is 0 Å². The van der Waals surface area contributed by atoms with E-state index in [0.29, 0.717) is 12.5 Å². The molecule has 0 spiro atoms. The molecule has 1 rings (SSSR count). The summed E-state index contributed by atoms with van der Waals surface area (Å²) in [5.74, 6) is 0.428. The Balaban J connectivity index is 2.48. The second kappa shape index (κ2) is 5.04. The van der Waals surface area contributed by atoms with Gasteiger partial charge in [-0.05, 0) is 33.1 Å². The summed E-state index contributed by atoms with van der Waals surface area (Å²) in [6.07, 6.45) is 1.96. The van der Waals surface area contributed by atoms with E-state index in [1.54, 1.807) is 4.90 Å². The van der Waals surface area contributed by atoms with Crippen LogP contribution in [0, 0.1) is 5.92 Å². The van der Waals surface area contributed by atoms with Crippen LogP contribution in [-0.2, 0) is 4.74 Å². The highest BCUT2D eigenvalue weighted by molar-refractivity contribution is 5.68. The van der Waals surface area contributed by atoms with E-state index in [9.17, 15) is 4.79 Å². The molecule has 0 saturated carbocycles. The van der Waals surface area contributed by atoms with E-state index in [-0.39, 0.29) is 12.1 Å². The topological polar surface area (TPSA) is 55.6 Å². The largest absolute Gasteiger partial charge is 0.444 e. The minimum Gasteiger partial charge on any atom is -0.444 e. The first kappa shape index (κ1) is 13.3. The molecule has 4 nitrogen and oxygen atoms in total. The molecular formula is C12H24N2O2. The number of rotatable bonds is 2. The minimum absolute atomic E-state index is 0.104. The summed E-state index contributed by atoms with van der Waals surface area (Å²) in [5.41, 5.74) is 5.58. The van der Waals surface area contributed by atoms with Crippen molar-refractivity contribution in [1.82, 2.24) is 4.90 Å². The lowest BCUT2D eigenvalue weighted by Crippen LogP contribution is -2.36. The Bertz CT molecular complexity index is 248. The van der Waals surface area contributed by atoms with E-state index in [2.05, 4.69) is 6.92 Å². The highest BCUT2D eigenvalue weighted by Crippen LogP contribution is 2.22. The molecule has 1 saturated heterocycles. The highest BCUT2D eigenvalue weighted by Gasteiger charge is 2.34. The van der Waals surface area contributed by atoms with Gasteiger partial charge in [-0.25, -0.2) is 4.79 Å². The van der Waals surface area contributed by atoms with Crippen molar-refractivity contribution in [2.75, 3.05) is 13.1 Å². The van der Waals surface area contributed by atoms with Crippen molar-refractivity contribution in [3.63, 3.8) is 0 Å². The van der Waals surface area contributed by atoms with Gasteiger partial charge in [0, 0.05) is 19.1 Å². The lowest BCUT2D eigenvalue weighted by Gasteiger charge is -2.24. The molecule has 0 aromatic carbocycles. The van der Waals surface area contributed by atoms with Crippen molar-refractivity contribution in [2.45, 2.75) is 52.2 Å². The maximum Gasteiger partial charge on any atom is 0.410 e. The number of amides is 1. The Morgan fingerprint density at radius 2 is 2.06 bits per heavy atom. The van der Waals surface area contributed by atoms with Crippen molar-refractivity contribution in [2.24, 2.45) is 11.7 Å². The summed E-state index contributed by atoms with van der Waals surface area (Å²) in [5, 5.41) is 0. The van der Waals surface area contributed by atoms with E-state index in [4.69, 9.17) is 10.5 Å². The van der Waals surface area contributed by atoms with Gasteiger partial charge in [-0.3, -0.25) is 0 Å². The molecule has 1 aliphatic heterocycles.